The van der Waals surface area contributed by atoms with Crippen LogP contribution in [0.25, 0.3) is 0 Å². The van der Waals surface area contributed by atoms with Crippen molar-refractivity contribution in [1.82, 2.24) is 0 Å². The standard InChI is InChI=1S/C10H14FNO2/c1-5-4-7(11)10(14-3)9(13)8(5)6(2)12/h4,6,13H,12H2,1-3H3. The van der Waals surface area contributed by atoms with Gasteiger partial charge in [0.15, 0.2) is 17.3 Å². The van der Waals surface area contributed by atoms with Gasteiger partial charge in [0.2, 0.25) is 0 Å². The molecule has 14 heavy (non-hydrogen) atoms. The Morgan fingerprint density at radius 3 is 2.57 bits per heavy atom. The Labute approximate surface area is 82.3 Å². The molecule has 0 amide bonds. The van der Waals surface area contributed by atoms with Gasteiger partial charge in [0.1, 0.15) is 0 Å². The van der Waals surface area contributed by atoms with Crippen LogP contribution in [0.15, 0.2) is 6.07 Å². The summed E-state index contributed by atoms with van der Waals surface area (Å²) < 4.78 is 18.0. The third-order valence-electron chi connectivity index (χ3n) is 2.11. The van der Waals surface area contributed by atoms with E-state index in [2.05, 4.69) is 0 Å². The van der Waals surface area contributed by atoms with Crippen molar-refractivity contribution in [2.24, 2.45) is 5.73 Å². The van der Waals surface area contributed by atoms with Crippen molar-refractivity contribution in [2.75, 3.05) is 7.11 Å². The summed E-state index contributed by atoms with van der Waals surface area (Å²) in [5, 5.41) is 9.68. The summed E-state index contributed by atoms with van der Waals surface area (Å²) in [6.07, 6.45) is 0. The van der Waals surface area contributed by atoms with Gasteiger partial charge in [-0.15, -0.1) is 0 Å². The van der Waals surface area contributed by atoms with Gasteiger partial charge >= 0.3 is 0 Å². The zero-order valence-corrected chi connectivity index (χ0v) is 8.47. The molecule has 0 aromatic heterocycles. The average Bonchev–Trinajstić information content (AvgIpc) is 2.02. The SMILES string of the molecule is COc1c(F)cc(C)c(C(C)N)c1O. The van der Waals surface area contributed by atoms with Gasteiger partial charge in [0.25, 0.3) is 0 Å². The Morgan fingerprint density at radius 2 is 2.14 bits per heavy atom. The Balaban J connectivity index is 3.44. The average molecular weight is 199 g/mol. The fourth-order valence-corrected chi connectivity index (χ4v) is 1.52. The molecule has 1 rings (SSSR count). The van der Waals surface area contributed by atoms with Gasteiger partial charge in [-0.05, 0) is 25.5 Å². The Morgan fingerprint density at radius 1 is 1.57 bits per heavy atom. The molecular formula is C10H14FNO2. The van der Waals surface area contributed by atoms with Crippen molar-refractivity contribution < 1.29 is 14.2 Å². The molecule has 0 heterocycles. The first kappa shape index (κ1) is 10.8. The number of phenolic OH excluding ortho intramolecular Hbond substituents is 1. The first-order chi connectivity index (χ1) is 6.49. The Kier molecular flexibility index (Phi) is 2.96. The molecule has 4 heteroatoms. The van der Waals surface area contributed by atoms with Crippen LogP contribution in [0.5, 0.6) is 11.5 Å². The number of ether oxygens (including phenoxy) is 1. The predicted octanol–water partition coefficient (Wildman–Crippen LogP) is 1.87. The topological polar surface area (TPSA) is 55.5 Å². The molecule has 1 aromatic rings. The first-order valence-electron chi connectivity index (χ1n) is 4.30. The number of benzene rings is 1. The maximum atomic E-state index is 13.2. The highest BCUT2D eigenvalue weighted by Gasteiger charge is 2.18. The molecule has 1 unspecified atom stereocenters. The van der Waals surface area contributed by atoms with Crippen LogP contribution < -0.4 is 10.5 Å². The molecule has 78 valence electrons. The van der Waals surface area contributed by atoms with E-state index in [1.807, 2.05) is 0 Å². The largest absolute Gasteiger partial charge is 0.504 e. The van der Waals surface area contributed by atoms with E-state index in [1.54, 1.807) is 13.8 Å². The van der Waals surface area contributed by atoms with Gasteiger partial charge in [0.05, 0.1) is 7.11 Å². The van der Waals surface area contributed by atoms with Crippen LogP contribution in [0.1, 0.15) is 24.1 Å². The number of nitrogens with two attached hydrogens (primary N) is 1. The van der Waals surface area contributed by atoms with Crippen molar-refractivity contribution >= 4 is 0 Å². The monoisotopic (exact) mass is 199 g/mol. The molecule has 1 atom stereocenters. The quantitative estimate of drug-likeness (QED) is 0.764. The van der Waals surface area contributed by atoms with Crippen molar-refractivity contribution in [3.63, 3.8) is 0 Å². The molecule has 1 aromatic carbocycles. The van der Waals surface area contributed by atoms with Crippen molar-refractivity contribution in [3.05, 3.63) is 23.0 Å². The minimum Gasteiger partial charge on any atom is -0.504 e. The van der Waals surface area contributed by atoms with Crippen LogP contribution in [0.2, 0.25) is 0 Å². The maximum absolute atomic E-state index is 13.2. The number of phenols is 1. The van der Waals surface area contributed by atoms with Crippen molar-refractivity contribution in [2.45, 2.75) is 19.9 Å². The highest BCUT2D eigenvalue weighted by molar-refractivity contribution is 5.51. The van der Waals surface area contributed by atoms with Gasteiger partial charge in [-0.1, -0.05) is 0 Å². The van der Waals surface area contributed by atoms with Gasteiger partial charge in [0, 0.05) is 11.6 Å². The maximum Gasteiger partial charge on any atom is 0.196 e. The number of rotatable bonds is 2. The molecule has 0 radical (unpaired) electrons. The van der Waals surface area contributed by atoms with Crippen LogP contribution in [0, 0.1) is 12.7 Å². The Hall–Kier alpha value is -1.29. The van der Waals surface area contributed by atoms with Crippen LogP contribution in [0.3, 0.4) is 0 Å². The summed E-state index contributed by atoms with van der Waals surface area (Å²) in [6, 6.07) is 0.946. The van der Waals surface area contributed by atoms with E-state index >= 15 is 0 Å². The number of halogens is 1. The van der Waals surface area contributed by atoms with E-state index in [4.69, 9.17) is 10.5 Å². The number of methoxy groups -OCH3 is 1. The second-order valence-electron chi connectivity index (χ2n) is 3.26. The molecule has 0 saturated heterocycles. The summed E-state index contributed by atoms with van der Waals surface area (Å²) >= 11 is 0. The van der Waals surface area contributed by atoms with E-state index in [0.717, 1.165) is 0 Å². The zero-order valence-electron chi connectivity index (χ0n) is 8.47. The van der Waals surface area contributed by atoms with E-state index in [-0.39, 0.29) is 17.5 Å². The molecule has 0 bridgehead atoms. The predicted molar refractivity (Wildman–Crippen MR) is 52.0 cm³/mol. The lowest BCUT2D eigenvalue weighted by molar-refractivity contribution is 0.347. The Bertz CT molecular complexity index is 350. The van der Waals surface area contributed by atoms with Crippen LogP contribution in [-0.2, 0) is 0 Å². The lowest BCUT2D eigenvalue weighted by Crippen LogP contribution is -2.08. The van der Waals surface area contributed by atoms with Gasteiger partial charge in [-0.3, -0.25) is 0 Å². The summed E-state index contributed by atoms with van der Waals surface area (Å²) in [7, 11) is 1.30. The molecule has 0 saturated carbocycles. The zero-order chi connectivity index (χ0) is 10.9. The van der Waals surface area contributed by atoms with E-state index in [9.17, 15) is 9.50 Å². The number of hydrogen-bond donors (Lipinski definition) is 2. The fraction of sp³-hybridized carbons (Fsp3) is 0.400. The molecule has 0 aliphatic heterocycles. The summed E-state index contributed by atoms with van der Waals surface area (Å²) in [6.45, 7) is 3.42. The van der Waals surface area contributed by atoms with Gasteiger partial charge < -0.3 is 15.6 Å². The third-order valence-corrected chi connectivity index (χ3v) is 2.11. The molecule has 3 nitrogen and oxygen atoms in total. The molecule has 0 fully saturated rings. The van der Waals surface area contributed by atoms with E-state index in [0.29, 0.717) is 11.1 Å². The van der Waals surface area contributed by atoms with E-state index in [1.165, 1.54) is 13.2 Å². The molecule has 3 N–H and O–H groups in total. The minimum atomic E-state index is -0.577. The lowest BCUT2D eigenvalue weighted by Gasteiger charge is -2.15. The van der Waals surface area contributed by atoms with Crippen LogP contribution in [0.4, 0.5) is 4.39 Å². The van der Waals surface area contributed by atoms with Gasteiger partial charge in [-0.25, -0.2) is 4.39 Å². The van der Waals surface area contributed by atoms with Crippen molar-refractivity contribution in [1.29, 1.82) is 0 Å². The normalized spacial score (nSPS) is 12.6. The lowest BCUT2D eigenvalue weighted by atomic mass is 10.0. The number of aryl methyl sites for hydroxylation is 1. The van der Waals surface area contributed by atoms with Gasteiger partial charge in [-0.2, -0.15) is 0 Å². The van der Waals surface area contributed by atoms with Crippen LogP contribution >= 0.6 is 0 Å². The fourth-order valence-electron chi connectivity index (χ4n) is 1.52. The molecular weight excluding hydrogens is 185 g/mol. The van der Waals surface area contributed by atoms with Crippen molar-refractivity contribution in [3.8, 4) is 11.5 Å². The summed E-state index contributed by atoms with van der Waals surface area (Å²) in [5.74, 6) is -0.935. The van der Waals surface area contributed by atoms with E-state index < -0.39 is 5.82 Å². The summed E-state index contributed by atoms with van der Waals surface area (Å²) in [4.78, 5) is 0. The smallest absolute Gasteiger partial charge is 0.196 e. The molecule has 0 aliphatic rings. The molecule has 0 aliphatic carbocycles. The first-order valence-corrected chi connectivity index (χ1v) is 4.30. The second-order valence-corrected chi connectivity index (χ2v) is 3.26. The second kappa shape index (κ2) is 3.84. The number of aromatic hydroxyl groups is 1. The molecule has 0 spiro atoms. The van der Waals surface area contributed by atoms with Crippen LogP contribution in [-0.4, -0.2) is 12.2 Å². The summed E-state index contributed by atoms with van der Waals surface area (Å²) in [5.41, 5.74) is 6.79. The minimum absolute atomic E-state index is 0.150. The highest BCUT2D eigenvalue weighted by Crippen LogP contribution is 2.37. The number of hydrogen-bond acceptors (Lipinski definition) is 3. The highest BCUT2D eigenvalue weighted by atomic mass is 19.1. The third kappa shape index (κ3) is 1.65.